The van der Waals surface area contributed by atoms with Crippen molar-refractivity contribution in [1.29, 1.82) is 0 Å². The second kappa shape index (κ2) is 9.60. The SMILES string of the molecule is CN=C(NCCCc1ccccc1)N(C)Cc1ccccc1OC. The molecule has 0 saturated heterocycles. The van der Waals surface area contributed by atoms with E-state index in [1.807, 2.05) is 32.3 Å². The van der Waals surface area contributed by atoms with E-state index in [0.29, 0.717) is 0 Å². The number of guanidine groups is 1. The summed E-state index contributed by atoms with van der Waals surface area (Å²) >= 11 is 0. The van der Waals surface area contributed by atoms with Crippen LogP contribution in [-0.4, -0.2) is 38.6 Å². The van der Waals surface area contributed by atoms with Crippen molar-refractivity contribution >= 4 is 5.96 Å². The first-order valence-corrected chi connectivity index (χ1v) is 8.32. The van der Waals surface area contributed by atoms with Gasteiger partial charge in [0.25, 0.3) is 0 Å². The molecule has 128 valence electrons. The lowest BCUT2D eigenvalue weighted by Gasteiger charge is -2.23. The topological polar surface area (TPSA) is 36.9 Å². The van der Waals surface area contributed by atoms with Crippen LogP contribution in [0.5, 0.6) is 5.75 Å². The van der Waals surface area contributed by atoms with Crippen LogP contribution < -0.4 is 10.1 Å². The van der Waals surface area contributed by atoms with E-state index in [1.54, 1.807) is 7.11 Å². The fraction of sp³-hybridized carbons (Fsp3) is 0.350. The van der Waals surface area contributed by atoms with E-state index in [9.17, 15) is 0 Å². The molecule has 0 aromatic heterocycles. The molecule has 0 bridgehead atoms. The van der Waals surface area contributed by atoms with Crippen molar-refractivity contribution in [2.24, 2.45) is 4.99 Å². The third kappa shape index (κ3) is 5.30. The van der Waals surface area contributed by atoms with Crippen LogP contribution in [-0.2, 0) is 13.0 Å². The van der Waals surface area contributed by atoms with E-state index in [1.165, 1.54) is 5.56 Å². The van der Waals surface area contributed by atoms with Crippen molar-refractivity contribution in [1.82, 2.24) is 10.2 Å². The van der Waals surface area contributed by atoms with Gasteiger partial charge in [-0.3, -0.25) is 4.99 Å². The Morgan fingerprint density at radius 1 is 1.08 bits per heavy atom. The summed E-state index contributed by atoms with van der Waals surface area (Å²) in [6.45, 7) is 1.65. The number of aryl methyl sites for hydroxylation is 1. The molecule has 1 N–H and O–H groups in total. The zero-order valence-corrected chi connectivity index (χ0v) is 14.8. The smallest absolute Gasteiger partial charge is 0.193 e. The van der Waals surface area contributed by atoms with Crippen molar-refractivity contribution in [3.63, 3.8) is 0 Å². The van der Waals surface area contributed by atoms with Gasteiger partial charge in [-0.2, -0.15) is 0 Å². The van der Waals surface area contributed by atoms with E-state index < -0.39 is 0 Å². The van der Waals surface area contributed by atoms with Gasteiger partial charge in [-0.15, -0.1) is 0 Å². The minimum Gasteiger partial charge on any atom is -0.496 e. The van der Waals surface area contributed by atoms with E-state index >= 15 is 0 Å². The highest BCUT2D eigenvalue weighted by atomic mass is 16.5. The van der Waals surface area contributed by atoms with Gasteiger partial charge >= 0.3 is 0 Å². The lowest BCUT2D eigenvalue weighted by Crippen LogP contribution is -2.39. The molecular formula is C20H27N3O. The van der Waals surface area contributed by atoms with Crippen LogP contribution in [0.15, 0.2) is 59.6 Å². The number of hydrogen-bond acceptors (Lipinski definition) is 2. The van der Waals surface area contributed by atoms with Gasteiger partial charge in [-0.25, -0.2) is 0 Å². The molecule has 0 fully saturated rings. The molecule has 4 nitrogen and oxygen atoms in total. The number of rotatable bonds is 7. The number of hydrogen-bond donors (Lipinski definition) is 1. The summed E-state index contributed by atoms with van der Waals surface area (Å²) in [7, 11) is 5.56. The molecule has 0 amide bonds. The quantitative estimate of drug-likeness (QED) is 0.482. The maximum absolute atomic E-state index is 5.42. The lowest BCUT2D eigenvalue weighted by atomic mass is 10.1. The average Bonchev–Trinajstić information content (AvgIpc) is 2.63. The summed E-state index contributed by atoms with van der Waals surface area (Å²) in [5, 5.41) is 3.43. The van der Waals surface area contributed by atoms with Crippen LogP contribution in [0.2, 0.25) is 0 Å². The van der Waals surface area contributed by atoms with Crippen LogP contribution in [0.3, 0.4) is 0 Å². The highest BCUT2D eigenvalue weighted by Gasteiger charge is 2.09. The molecule has 2 aromatic rings. The number of aliphatic imine (C=N–C) groups is 1. The van der Waals surface area contributed by atoms with Crippen molar-refractivity contribution in [3.05, 3.63) is 65.7 Å². The second-order valence-electron chi connectivity index (χ2n) is 5.73. The molecule has 0 aliphatic carbocycles. The van der Waals surface area contributed by atoms with Crippen LogP contribution in [0.25, 0.3) is 0 Å². The monoisotopic (exact) mass is 325 g/mol. The summed E-state index contributed by atoms with van der Waals surface area (Å²) in [5.74, 6) is 1.80. The van der Waals surface area contributed by atoms with Gasteiger partial charge in [0, 0.05) is 32.7 Å². The Hall–Kier alpha value is -2.49. The molecule has 0 unspecified atom stereocenters. The van der Waals surface area contributed by atoms with Gasteiger partial charge in [-0.05, 0) is 24.5 Å². The number of nitrogens with zero attached hydrogens (tertiary/aromatic N) is 2. The van der Waals surface area contributed by atoms with Gasteiger partial charge in [0.15, 0.2) is 5.96 Å². The number of methoxy groups -OCH3 is 1. The van der Waals surface area contributed by atoms with Crippen LogP contribution in [0.4, 0.5) is 0 Å². The molecule has 0 saturated carbocycles. The Morgan fingerprint density at radius 3 is 2.50 bits per heavy atom. The Balaban J connectivity index is 1.82. The Morgan fingerprint density at radius 2 is 1.79 bits per heavy atom. The summed E-state index contributed by atoms with van der Waals surface area (Å²) < 4.78 is 5.42. The lowest BCUT2D eigenvalue weighted by molar-refractivity contribution is 0.396. The Labute approximate surface area is 145 Å². The van der Waals surface area contributed by atoms with Crippen molar-refractivity contribution in [2.75, 3.05) is 27.7 Å². The molecule has 0 spiro atoms. The maximum atomic E-state index is 5.42. The minimum atomic E-state index is 0.752. The van der Waals surface area contributed by atoms with Crippen molar-refractivity contribution in [2.45, 2.75) is 19.4 Å². The van der Waals surface area contributed by atoms with E-state index in [-0.39, 0.29) is 0 Å². The fourth-order valence-electron chi connectivity index (χ4n) is 2.69. The van der Waals surface area contributed by atoms with Crippen LogP contribution >= 0.6 is 0 Å². The maximum Gasteiger partial charge on any atom is 0.193 e. The molecule has 2 aromatic carbocycles. The summed E-state index contributed by atoms with van der Waals surface area (Å²) in [4.78, 5) is 6.49. The predicted octanol–water partition coefficient (Wildman–Crippen LogP) is 3.34. The molecular weight excluding hydrogens is 298 g/mol. The summed E-state index contributed by atoms with van der Waals surface area (Å²) in [6, 6.07) is 18.6. The Kier molecular flexibility index (Phi) is 7.15. The predicted molar refractivity (Wildman–Crippen MR) is 101 cm³/mol. The van der Waals surface area contributed by atoms with Crippen LogP contribution in [0.1, 0.15) is 17.5 Å². The first kappa shape index (κ1) is 17.9. The highest BCUT2D eigenvalue weighted by Crippen LogP contribution is 2.18. The van der Waals surface area contributed by atoms with Gasteiger partial charge in [0.2, 0.25) is 0 Å². The Bertz CT molecular complexity index is 640. The number of nitrogens with one attached hydrogen (secondary N) is 1. The van der Waals surface area contributed by atoms with Gasteiger partial charge < -0.3 is 15.0 Å². The average molecular weight is 325 g/mol. The number of ether oxygens (including phenoxy) is 1. The molecule has 24 heavy (non-hydrogen) atoms. The first-order valence-electron chi connectivity index (χ1n) is 8.32. The molecule has 4 heteroatoms. The van der Waals surface area contributed by atoms with E-state index in [0.717, 1.165) is 43.2 Å². The van der Waals surface area contributed by atoms with Gasteiger partial charge in [-0.1, -0.05) is 48.5 Å². The van der Waals surface area contributed by atoms with Crippen LogP contribution in [0, 0.1) is 0 Å². The fourth-order valence-corrected chi connectivity index (χ4v) is 2.69. The van der Waals surface area contributed by atoms with E-state index in [2.05, 4.69) is 51.6 Å². The molecule has 0 radical (unpaired) electrons. The summed E-state index contributed by atoms with van der Waals surface area (Å²) in [5.41, 5.74) is 2.52. The first-order chi connectivity index (χ1) is 11.7. The number of benzene rings is 2. The molecule has 0 heterocycles. The zero-order valence-electron chi connectivity index (χ0n) is 14.8. The minimum absolute atomic E-state index is 0.752. The molecule has 0 atom stereocenters. The van der Waals surface area contributed by atoms with Crippen molar-refractivity contribution in [3.8, 4) is 5.75 Å². The normalized spacial score (nSPS) is 11.2. The third-order valence-corrected chi connectivity index (χ3v) is 3.94. The van der Waals surface area contributed by atoms with Gasteiger partial charge in [0.05, 0.1) is 7.11 Å². The zero-order chi connectivity index (χ0) is 17.2. The molecule has 0 aliphatic heterocycles. The summed E-state index contributed by atoms with van der Waals surface area (Å²) in [6.07, 6.45) is 2.15. The standard InChI is InChI=1S/C20H27N3O/c1-21-20(22-15-9-12-17-10-5-4-6-11-17)23(2)16-18-13-7-8-14-19(18)24-3/h4-8,10-11,13-14H,9,12,15-16H2,1-3H3,(H,21,22). The third-order valence-electron chi connectivity index (χ3n) is 3.94. The van der Waals surface area contributed by atoms with E-state index in [4.69, 9.17) is 4.74 Å². The van der Waals surface area contributed by atoms with Crippen molar-refractivity contribution < 1.29 is 4.74 Å². The number of para-hydroxylation sites is 1. The largest absolute Gasteiger partial charge is 0.496 e. The highest BCUT2D eigenvalue weighted by molar-refractivity contribution is 5.79. The molecule has 2 rings (SSSR count). The second-order valence-corrected chi connectivity index (χ2v) is 5.73. The van der Waals surface area contributed by atoms with Gasteiger partial charge in [0.1, 0.15) is 5.75 Å². The molecule has 0 aliphatic rings.